The topological polar surface area (TPSA) is 75.4 Å². The Bertz CT molecular complexity index is 956. The lowest BCUT2D eigenvalue weighted by atomic mass is 9.80. The molecular weight excluding hydrogens is 378 g/mol. The number of piperidine rings is 2. The molecule has 1 aromatic carbocycles. The minimum absolute atomic E-state index is 0.0258. The number of carbonyl (C=O) groups is 1. The Hall–Kier alpha value is -2.21. The summed E-state index contributed by atoms with van der Waals surface area (Å²) in [6.07, 6.45) is 10.4. The summed E-state index contributed by atoms with van der Waals surface area (Å²) in [6.45, 7) is 4.60. The molecule has 2 aliphatic heterocycles. The molecule has 1 aromatic heterocycles. The van der Waals surface area contributed by atoms with Gasteiger partial charge in [0, 0.05) is 24.2 Å². The van der Waals surface area contributed by atoms with Gasteiger partial charge in [0.1, 0.15) is 0 Å². The highest BCUT2D eigenvalue weighted by molar-refractivity contribution is 5.88. The van der Waals surface area contributed by atoms with Crippen LogP contribution in [-0.2, 0) is 0 Å². The van der Waals surface area contributed by atoms with Crippen LogP contribution >= 0.6 is 0 Å². The molecule has 0 radical (unpaired) electrons. The Morgan fingerprint density at radius 3 is 2.53 bits per heavy atom. The molecule has 2 aromatic rings. The van der Waals surface area contributed by atoms with E-state index in [0.29, 0.717) is 23.6 Å². The first-order valence-corrected chi connectivity index (χ1v) is 11.5. The SMILES string of the molecule is CCCCC[C@H](C)N1[C@@H]2CCC[C@H]1CC(n1c(=O)c(C(=O)O)nc3ccccc31)C2. The fourth-order valence-corrected chi connectivity index (χ4v) is 5.81. The fraction of sp³-hybridized carbons (Fsp3) is 0.625. The predicted molar refractivity (Wildman–Crippen MR) is 118 cm³/mol. The second kappa shape index (κ2) is 8.88. The van der Waals surface area contributed by atoms with Crippen LogP contribution in [0.15, 0.2) is 29.1 Å². The number of aromatic carboxylic acids is 1. The first kappa shape index (κ1) is 21.0. The number of hydrogen-bond acceptors (Lipinski definition) is 4. The number of unbranched alkanes of at least 4 members (excludes halogenated alkanes) is 2. The van der Waals surface area contributed by atoms with E-state index in [-0.39, 0.29) is 11.7 Å². The van der Waals surface area contributed by atoms with E-state index in [1.807, 2.05) is 18.2 Å². The van der Waals surface area contributed by atoms with Crippen molar-refractivity contribution in [3.63, 3.8) is 0 Å². The smallest absolute Gasteiger partial charge is 0.360 e. The maximum Gasteiger partial charge on any atom is 0.360 e. The predicted octanol–water partition coefficient (Wildman–Crippen LogP) is 4.62. The van der Waals surface area contributed by atoms with Gasteiger partial charge >= 0.3 is 5.97 Å². The third kappa shape index (κ3) is 3.89. The third-order valence-electron chi connectivity index (χ3n) is 7.10. The molecule has 0 aliphatic carbocycles. The molecule has 3 heterocycles. The molecule has 2 saturated heterocycles. The Morgan fingerprint density at radius 1 is 1.17 bits per heavy atom. The van der Waals surface area contributed by atoms with E-state index in [2.05, 4.69) is 23.7 Å². The molecule has 6 nitrogen and oxygen atoms in total. The molecule has 4 atom stereocenters. The molecule has 4 rings (SSSR count). The van der Waals surface area contributed by atoms with Crippen LogP contribution in [-0.4, -0.2) is 43.7 Å². The first-order valence-electron chi connectivity index (χ1n) is 11.5. The monoisotopic (exact) mass is 411 g/mol. The molecule has 2 fully saturated rings. The minimum atomic E-state index is -1.25. The van der Waals surface area contributed by atoms with Gasteiger partial charge in [-0.1, -0.05) is 44.7 Å². The molecule has 2 aliphatic rings. The highest BCUT2D eigenvalue weighted by Crippen LogP contribution is 2.41. The van der Waals surface area contributed by atoms with Crippen LogP contribution in [0.2, 0.25) is 0 Å². The summed E-state index contributed by atoms with van der Waals surface area (Å²) < 4.78 is 1.75. The average molecular weight is 412 g/mol. The number of carboxylic acids is 1. The summed E-state index contributed by atoms with van der Waals surface area (Å²) >= 11 is 0. The highest BCUT2D eigenvalue weighted by Gasteiger charge is 2.41. The second-order valence-corrected chi connectivity index (χ2v) is 9.09. The summed E-state index contributed by atoms with van der Waals surface area (Å²) in [4.78, 5) is 31.7. The Balaban J connectivity index is 1.67. The quantitative estimate of drug-likeness (QED) is 0.673. The lowest BCUT2D eigenvalue weighted by Gasteiger charge is -2.52. The highest BCUT2D eigenvalue weighted by atomic mass is 16.4. The van der Waals surface area contributed by atoms with Crippen molar-refractivity contribution in [1.82, 2.24) is 14.5 Å². The molecular formula is C24H33N3O3. The number of carboxylic acid groups (broad SMARTS) is 1. The van der Waals surface area contributed by atoms with Gasteiger partial charge in [0.15, 0.2) is 0 Å². The van der Waals surface area contributed by atoms with Gasteiger partial charge in [0.25, 0.3) is 5.56 Å². The molecule has 2 bridgehead atoms. The van der Waals surface area contributed by atoms with Crippen molar-refractivity contribution in [1.29, 1.82) is 0 Å². The van der Waals surface area contributed by atoms with E-state index < -0.39 is 11.5 Å². The van der Waals surface area contributed by atoms with Crippen LogP contribution < -0.4 is 5.56 Å². The van der Waals surface area contributed by atoms with Crippen LogP contribution in [0.3, 0.4) is 0 Å². The number of fused-ring (bicyclic) bond motifs is 3. The molecule has 30 heavy (non-hydrogen) atoms. The van der Waals surface area contributed by atoms with Crippen molar-refractivity contribution >= 4 is 17.0 Å². The normalized spacial score (nSPS) is 25.3. The molecule has 0 amide bonds. The van der Waals surface area contributed by atoms with Gasteiger partial charge in [0.05, 0.1) is 11.0 Å². The van der Waals surface area contributed by atoms with Gasteiger partial charge < -0.3 is 9.67 Å². The number of rotatable bonds is 7. The Morgan fingerprint density at radius 2 is 1.87 bits per heavy atom. The lowest BCUT2D eigenvalue weighted by molar-refractivity contribution is -0.0148. The van der Waals surface area contributed by atoms with Gasteiger partial charge in [-0.3, -0.25) is 9.69 Å². The Kier molecular flexibility index (Phi) is 6.23. The van der Waals surface area contributed by atoms with Gasteiger partial charge in [-0.2, -0.15) is 0 Å². The van der Waals surface area contributed by atoms with Gasteiger partial charge in [-0.05, 0) is 51.2 Å². The number of nitrogens with zero attached hydrogens (tertiary/aromatic N) is 3. The number of benzene rings is 1. The fourth-order valence-electron chi connectivity index (χ4n) is 5.81. The zero-order chi connectivity index (χ0) is 21.3. The molecule has 0 saturated carbocycles. The van der Waals surface area contributed by atoms with Crippen LogP contribution in [0.25, 0.3) is 11.0 Å². The standard InChI is InChI=1S/C24H33N3O3/c1-3-4-5-9-16(2)26-17-10-8-11-18(26)15-19(14-17)27-21-13-7-6-12-20(21)25-22(23(27)28)24(29)30/h6-7,12-13,16-19H,3-5,8-11,14-15H2,1-2H3,(H,29,30)/t16-,17-,18+,19?/m0/s1. The Labute approximate surface area is 177 Å². The molecule has 6 heteroatoms. The summed E-state index contributed by atoms with van der Waals surface area (Å²) in [6, 6.07) is 8.94. The van der Waals surface area contributed by atoms with Crippen LogP contribution in [0, 0.1) is 0 Å². The molecule has 1 unspecified atom stereocenters. The number of hydrogen-bond donors (Lipinski definition) is 1. The third-order valence-corrected chi connectivity index (χ3v) is 7.10. The van der Waals surface area contributed by atoms with Crippen molar-refractivity contribution < 1.29 is 9.90 Å². The van der Waals surface area contributed by atoms with Gasteiger partial charge in [-0.25, -0.2) is 9.78 Å². The summed E-state index contributed by atoms with van der Waals surface area (Å²) in [5, 5.41) is 9.54. The van der Waals surface area contributed by atoms with Crippen molar-refractivity contribution in [2.45, 2.75) is 95.8 Å². The average Bonchev–Trinajstić information content (AvgIpc) is 2.72. The maximum absolute atomic E-state index is 13.1. The van der Waals surface area contributed by atoms with Gasteiger partial charge in [0.2, 0.25) is 5.69 Å². The molecule has 162 valence electrons. The van der Waals surface area contributed by atoms with E-state index >= 15 is 0 Å². The van der Waals surface area contributed by atoms with Crippen molar-refractivity contribution in [2.75, 3.05) is 0 Å². The largest absolute Gasteiger partial charge is 0.476 e. The van der Waals surface area contributed by atoms with E-state index in [1.54, 1.807) is 10.6 Å². The van der Waals surface area contributed by atoms with E-state index in [4.69, 9.17) is 0 Å². The van der Waals surface area contributed by atoms with E-state index in [0.717, 1.165) is 31.2 Å². The number of para-hydroxylation sites is 2. The first-order chi connectivity index (χ1) is 14.5. The van der Waals surface area contributed by atoms with Gasteiger partial charge in [-0.15, -0.1) is 0 Å². The molecule has 0 spiro atoms. The summed E-state index contributed by atoms with van der Waals surface area (Å²) in [5.41, 5.74) is 0.498. The van der Waals surface area contributed by atoms with Crippen LogP contribution in [0.1, 0.15) is 88.2 Å². The second-order valence-electron chi connectivity index (χ2n) is 9.09. The maximum atomic E-state index is 13.1. The van der Waals surface area contributed by atoms with Crippen LogP contribution in [0.4, 0.5) is 0 Å². The van der Waals surface area contributed by atoms with E-state index in [1.165, 1.54) is 32.1 Å². The van der Waals surface area contributed by atoms with Crippen molar-refractivity contribution in [2.24, 2.45) is 0 Å². The minimum Gasteiger partial charge on any atom is -0.476 e. The van der Waals surface area contributed by atoms with Crippen LogP contribution in [0.5, 0.6) is 0 Å². The summed E-state index contributed by atoms with van der Waals surface area (Å²) in [7, 11) is 0. The zero-order valence-corrected chi connectivity index (χ0v) is 18.1. The molecule has 1 N–H and O–H groups in total. The zero-order valence-electron chi connectivity index (χ0n) is 18.1. The summed E-state index contributed by atoms with van der Waals surface area (Å²) in [5.74, 6) is -1.25. The van der Waals surface area contributed by atoms with Crippen molar-refractivity contribution in [3.05, 3.63) is 40.3 Å². The van der Waals surface area contributed by atoms with E-state index in [9.17, 15) is 14.7 Å². The lowest BCUT2D eigenvalue weighted by Crippen LogP contribution is -2.56. The number of aromatic nitrogens is 2. The van der Waals surface area contributed by atoms with Crippen molar-refractivity contribution in [3.8, 4) is 0 Å².